The number of hydrogen-bond donors (Lipinski definition) is 4. The van der Waals surface area contributed by atoms with Gasteiger partial charge in [-0.15, -0.1) is 0 Å². The van der Waals surface area contributed by atoms with E-state index in [-0.39, 0.29) is 29.8 Å². The zero-order chi connectivity index (χ0) is 25.4. The van der Waals surface area contributed by atoms with Crippen LogP contribution in [0, 0.1) is 0 Å². The number of aromatic hydroxyl groups is 1. The van der Waals surface area contributed by atoms with Gasteiger partial charge in [0.05, 0.1) is 19.2 Å². The number of nitrogen functional groups attached to an aromatic ring is 1. The molecule has 10 heteroatoms. The summed E-state index contributed by atoms with van der Waals surface area (Å²) in [7, 11) is 0. The number of nitrogens with two attached hydrogens (primary N) is 1. The molecule has 0 saturated carbocycles. The predicted octanol–water partition coefficient (Wildman–Crippen LogP) is 2.41. The van der Waals surface area contributed by atoms with Crippen molar-refractivity contribution in [2.24, 2.45) is 0 Å². The highest BCUT2D eigenvalue weighted by atomic mass is 16.5. The molecule has 2 aromatic heterocycles. The largest absolute Gasteiger partial charge is 0.480 e. The zero-order valence-electron chi connectivity index (χ0n) is 20.1. The van der Waals surface area contributed by atoms with Crippen molar-refractivity contribution in [3.63, 3.8) is 0 Å². The first-order valence-corrected chi connectivity index (χ1v) is 12.3. The average molecular weight is 498 g/mol. The number of rotatable bonds is 3. The third kappa shape index (κ3) is 4.58. The molecule has 1 amide bonds. The molecule has 0 atom stereocenters. The van der Waals surface area contributed by atoms with Gasteiger partial charge in [0.2, 0.25) is 0 Å². The van der Waals surface area contributed by atoms with E-state index in [0.29, 0.717) is 36.3 Å². The lowest BCUT2D eigenvalue weighted by molar-refractivity contribution is 0.0924. The van der Waals surface area contributed by atoms with Crippen molar-refractivity contribution in [3.8, 4) is 23.1 Å². The second-order valence-electron chi connectivity index (χ2n) is 9.27. The van der Waals surface area contributed by atoms with Crippen LogP contribution in [0.3, 0.4) is 0 Å². The summed E-state index contributed by atoms with van der Waals surface area (Å²) in [5, 5.41) is 16.7. The lowest BCUT2D eigenvalue weighted by Gasteiger charge is -2.27. The molecule has 2 aromatic carbocycles. The number of fused-ring (bicyclic) bond motifs is 3. The molecule has 4 heterocycles. The standard InChI is InChI=1S/C27H27N7O3/c28-23-22-24-33-26(32-23)37-11-3-1-2-4-19-12-16(15-34(24)27(36)31-22)5-10-21(19)17-6-8-18(9-7-17)25(35)30-20-13-29-14-20/h1-2,5-10,12,20,29H,3-4,11,13-15H2,(H,30,35)(H,31,36)(H2,28,32,33)/b2-1+. The molecule has 188 valence electrons. The third-order valence-electron chi connectivity index (χ3n) is 6.69. The summed E-state index contributed by atoms with van der Waals surface area (Å²) < 4.78 is 7.30. The number of hydrogen-bond acceptors (Lipinski definition) is 8. The maximum absolute atomic E-state index is 12.5. The van der Waals surface area contributed by atoms with Crippen LogP contribution < -0.4 is 21.1 Å². The highest BCUT2D eigenvalue weighted by molar-refractivity contribution is 5.95. The number of carbonyl (C=O) groups is 1. The van der Waals surface area contributed by atoms with Crippen LogP contribution in [0.25, 0.3) is 22.3 Å². The molecule has 1 saturated heterocycles. The molecule has 37 heavy (non-hydrogen) atoms. The Kier molecular flexibility index (Phi) is 5.93. The second-order valence-corrected chi connectivity index (χ2v) is 9.27. The minimum atomic E-state index is -0.183. The van der Waals surface area contributed by atoms with Crippen LogP contribution in [0.2, 0.25) is 0 Å². The lowest BCUT2D eigenvalue weighted by atomic mass is 9.94. The van der Waals surface area contributed by atoms with Crippen LogP contribution in [-0.2, 0) is 13.0 Å². The van der Waals surface area contributed by atoms with Crippen LogP contribution in [0.4, 0.5) is 5.82 Å². The number of allylic oxidation sites excluding steroid dienone is 1. The molecular weight excluding hydrogens is 470 g/mol. The number of benzene rings is 2. The minimum Gasteiger partial charge on any atom is -0.480 e. The van der Waals surface area contributed by atoms with E-state index in [0.717, 1.165) is 41.8 Å². The number of imidazole rings is 1. The highest BCUT2D eigenvalue weighted by Crippen LogP contribution is 2.29. The van der Waals surface area contributed by atoms with Crippen molar-refractivity contribution in [2.75, 3.05) is 25.4 Å². The Morgan fingerprint density at radius 3 is 2.73 bits per heavy atom. The Morgan fingerprint density at radius 2 is 1.95 bits per heavy atom. The van der Waals surface area contributed by atoms with Gasteiger partial charge >= 0.3 is 6.01 Å². The van der Waals surface area contributed by atoms with E-state index in [1.165, 1.54) is 0 Å². The van der Waals surface area contributed by atoms with Gasteiger partial charge in [0, 0.05) is 18.7 Å². The first-order valence-electron chi connectivity index (χ1n) is 12.3. The smallest absolute Gasteiger partial charge is 0.320 e. The van der Waals surface area contributed by atoms with E-state index in [1.54, 1.807) is 4.57 Å². The first-order chi connectivity index (χ1) is 18.0. The molecule has 6 rings (SSSR count). The number of ether oxygens (including phenoxy) is 1. The van der Waals surface area contributed by atoms with E-state index >= 15 is 0 Å². The molecule has 0 unspecified atom stereocenters. The van der Waals surface area contributed by atoms with Gasteiger partial charge in [-0.05, 0) is 47.2 Å². The molecule has 4 aromatic rings. The van der Waals surface area contributed by atoms with Gasteiger partial charge in [-0.25, -0.2) is 0 Å². The number of aromatic nitrogens is 4. The number of carbonyl (C=O) groups excluding carboxylic acids is 1. The summed E-state index contributed by atoms with van der Waals surface area (Å²) in [6.45, 7) is 2.37. The molecular formula is C27H27N7O3. The normalized spacial score (nSPS) is 16.5. The summed E-state index contributed by atoms with van der Waals surface area (Å²) in [5.41, 5.74) is 11.7. The van der Waals surface area contributed by atoms with E-state index in [9.17, 15) is 9.90 Å². The van der Waals surface area contributed by atoms with E-state index in [4.69, 9.17) is 10.5 Å². The number of amides is 1. The van der Waals surface area contributed by atoms with Crippen LogP contribution in [0.15, 0.2) is 54.6 Å². The van der Waals surface area contributed by atoms with Gasteiger partial charge in [-0.3, -0.25) is 9.36 Å². The Bertz CT molecular complexity index is 1510. The number of anilines is 1. The van der Waals surface area contributed by atoms with Crippen molar-refractivity contribution in [3.05, 3.63) is 71.3 Å². The van der Waals surface area contributed by atoms with Crippen LogP contribution in [-0.4, -0.2) is 56.3 Å². The van der Waals surface area contributed by atoms with Gasteiger partial charge in [0.1, 0.15) is 0 Å². The van der Waals surface area contributed by atoms with Crippen molar-refractivity contribution < 1.29 is 14.6 Å². The first kappa shape index (κ1) is 23.0. The predicted molar refractivity (Wildman–Crippen MR) is 139 cm³/mol. The Hall–Kier alpha value is -4.44. The van der Waals surface area contributed by atoms with Gasteiger partial charge in [0.15, 0.2) is 17.0 Å². The van der Waals surface area contributed by atoms with Crippen molar-refractivity contribution in [2.45, 2.75) is 25.4 Å². The maximum atomic E-state index is 12.5. The lowest BCUT2D eigenvalue weighted by Crippen LogP contribution is -2.56. The summed E-state index contributed by atoms with van der Waals surface area (Å²) >= 11 is 0. The maximum Gasteiger partial charge on any atom is 0.320 e. The second kappa shape index (κ2) is 9.55. The minimum absolute atomic E-state index is 0.0554. The Balaban J connectivity index is 1.34. The van der Waals surface area contributed by atoms with E-state index in [2.05, 4.69) is 49.9 Å². The molecule has 0 radical (unpaired) electrons. The number of nitrogens with zero attached hydrogens (tertiary/aromatic N) is 4. The van der Waals surface area contributed by atoms with Crippen molar-refractivity contribution >= 4 is 22.9 Å². The Labute approximate surface area is 213 Å². The SMILES string of the molecule is Nc1nc2nc3c1nc(O)n3Cc1ccc(-c3ccc(C(=O)NC4CNC4)cc3)c(c1)C/C=C/CCO2. The highest BCUT2D eigenvalue weighted by Gasteiger charge is 2.20. The summed E-state index contributed by atoms with van der Waals surface area (Å²) in [6.07, 6.45) is 5.59. The molecule has 1 fully saturated rings. The molecule has 10 nitrogen and oxygen atoms in total. The quantitative estimate of drug-likeness (QED) is 0.316. The fourth-order valence-corrected chi connectivity index (χ4v) is 4.59. The molecule has 5 N–H and O–H groups in total. The van der Waals surface area contributed by atoms with Gasteiger partial charge in [-0.1, -0.05) is 42.5 Å². The average Bonchev–Trinajstić information content (AvgIpc) is 3.19. The fraction of sp³-hybridized carbons (Fsp3) is 0.259. The Morgan fingerprint density at radius 1 is 1.11 bits per heavy atom. The van der Waals surface area contributed by atoms with Crippen LogP contribution in [0.1, 0.15) is 27.9 Å². The van der Waals surface area contributed by atoms with Gasteiger partial charge in [0.25, 0.3) is 11.9 Å². The topological polar surface area (TPSA) is 140 Å². The molecule has 0 aliphatic carbocycles. The fourth-order valence-electron chi connectivity index (χ4n) is 4.59. The summed E-state index contributed by atoms with van der Waals surface area (Å²) in [6, 6.07) is 14.1. The zero-order valence-corrected chi connectivity index (χ0v) is 20.1. The third-order valence-corrected chi connectivity index (χ3v) is 6.69. The van der Waals surface area contributed by atoms with Crippen molar-refractivity contribution in [1.82, 2.24) is 30.2 Å². The molecule has 2 aliphatic heterocycles. The van der Waals surface area contributed by atoms with Crippen LogP contribution >= 0.6 is 0 Å². The summed E-state index contributed by atoms with van der Waals surface area (Å²) in [4.78, 5) is 25.3. The summed E-state index contributed by atoms with van der Waals surface area (Å²) in [5.74, 6) is 0.106. The monoisotopic (exact) mass is 497 g/mol. The molecule has 2 aliphatic rings. The van der Waals surface area contributed by atoms with Gasteiger partial charge < -0.3 is 26.2 Å². The molecule has 0 spiro atoms. The van der Waals surface area contributed by atoms with E-state index in [1.807, 2.05) is 30.3 Å². The van der Waals surface area contributed by atoms with E-state index < -0.39 is 0 Å². The van der Waals surface area contributed by atoms with Gasteiger partial charge in [-0.2, -0.15) is 15.0 Å². The molecule has 4 bridgehead atoms. The van der Waals surface area contributed by atoms with Crippen LogP contribution in [0.5, 0.6) is 12.0 Å². The number of nitrogens with one attached hydrogen (secondary N) is 2. The van der Waals surface area contributed by atoms with Crippen molar-refractivity contribution in [1.29, 1.82) is 0 Å².